The molecule has 2 rings (SSSR count). The fraction of sp³-hybridized carbons (Fsp3) is 0.0667. The lowest BCUT2D eigenvalue weighted by Gasteiger charge is -2.06. The van der Waals surface area contributed by atoms with E-state index in [0.29, 0.717) is 16.3 Å². The van der Waals surface area contributed by atoms with Crippen LogP contribution in [0.5, 0.6) is 0 Å². The number of nitrogens with zero attached hydrogens (tertiary/aromatic N) is 1. The largest absolute Gasteiger partial charge is 0.321 e. The molecule has 1 aliphatic heterocycles. The molecule has 5 heteroatoms. The number of carbonyl (C=O) groups excluding carboxylic acids is 1. The van der Waals surface area contributed by atoms with Gasteiger partial charge in [0.2, 0.25) is 0 Å². The summed E-state index contributed by atoms with van der Waals surface area (Å²) < 4.78 is 11.7. The molecular weight excluding hydrogens is 272 g/mol. The van der Waals surface area contributed by atoms with E-state index in [-0.39, 0.29) is 5.91 Å². The highest BCUT2D eigenvalue weighted by atomic mass is 32.2. The summed E-state index contributed by atoms with van der Waals surface area (Å²) in [6.07, 6.45) is 6.53. The molecule has 1 unspecified atom stereocenters. The zero-order valence-electron chi connectivity index (χ0n) is 11.0. The topological polar surface area (TPSA) is 58.5 Å². The van der Waals surface area contributed by atoms with E-state index in [9.17, 15) is 9.00 Å². The van der Waals surface area contributed by atoms with E-state index in [2.05, 4.69) is 16.9 Å². The predicted molar refractivity (Wildman–Crippen MR) is 83.0 cm³/mol. The van der Waals surface area contributed by atoms with Crippen molar-refractivity contribution in [1.29, 1.82) is 0 Å². The molecule has 0 spiro atoms. The summed E-state index contributed by atoms with van der Waals surface area (Å²) in [5, 5.41) is 4.36. The highest BCUT2D eigenvalue weighted by Crippen LogP contribution is 2.26. The number of anilines is 1. The van der Waals surface area contributed by atoms with E-state index < -0.39 is 10.8 Å². The SMILES string of the molecule is C=C/C=C\N=C(C)C(=O)Nc1ccc2c(c1)S(=O)C=C2. The average Bonchev–Trinajstić information content (AvgIpc) is 2.80. The number of allylic oxidation sites excluding steroid dienone is 2. The van der Waals surface area contributed by atoms with E-state index in [1.807, 2.05) is 12.1 Å². The molecule has 1 heterocycles. The second kappa shape index (κ2) is 6.25. The van der Waals surface area contributed by atoms with Gasteiger partial charge in [-0.1, -0.05) is 18.7 Å². The van der Waals surface area contributed by atoms with Crippen molar-refractivity contribution in [2.24, 2.45) is 4.99 Å². The first kappa shape index (κ1) is 14.1. The van der Waals surface area contributed by atoms with Crippen molar-refractivity contribution in [3.05, 3.63) is 54.1 Å². The fourth-order valence-electron chi connectivity index (χ4n) is 1.63. The van der Waals surface area contributed by atoms with Crippen molar-refractivity contribution < 1.29 is 9.00 Å². The molecule has 0 fully saturated rings. The van der Waals surface area contributed by atoms with Gasteiger partial charge in [-0.3, -0.25) is 9.79 Å². The van der Waals surface area contributed by atoms with E-state index in [0.717, 1.165) is 5.56 Å². The van der Waals surface area contributed by atoms with Crippen LogP contribution in [0, 0.1) is 0 Å². The molecule has 1 amide bonds. The summed E-state index contributed by atoms with van der Waals surface area (Å²) in [4.78, 5) is 16.6. The Bertz CT molecular complexity index is 672. The van der Waals surface area contributed by atoms with Crippen molar-refractivity contribution in [2.45, 2.75) is 11.8 Å². The Kier molecular flexibility index (Phi) is 4.42. The third-order valence-corrected chi connectivity index (χ3v) is 3.85. The molecule has 0 aromatic heterocycles. The molecule has 102 valence electrons. The second-order valence-corrected chi connectivity index (χ2v) is 5.41. The molecule has 1 aliphatic rings. The summed E-state index contributed by atoms with van der Waals surface area (Å²) in [7, 11) is -1.12. The Morgan fingerprint density at radius 3 is 3.00 bits per heavy atom. The first-order valence-corrected chi connectivity index (χ1v) is 7.19. The zero-order valence-corrected chi connectivity index (χ0v) is 11.8. The Morgan fingerprint density at radius 2 is 2.25 bits per heavy atom. The van der Waals surface area contributed by atoms with E-state index >= 15 is 0 Å². The van der Waals surface area contributed by atoms with Crippen LogP contribution in [0.4, 0.5) is 5.69 Å². The minimum Gasteiger partial charge on any atom is -0.321 e. The minimum atomic E-state index is -1.12. The van der Waals surface area contributed by atoms with Crippen LogP contribution in [0.25, 0.3) is 6.08 Å². The maximum Gasteiger partial charge on any atom is 0.269 e. The number of aliphatic imine (C=N–C) groups is 1. The Balaban J connectivity index is 2.11. The monoisotopic (exact) mass is 286 g/mol. The number of fused-ring (bicyclic) bond motifs is 1. The normalized spacial score (nSPS) is 17.2. The molecule has 0 saturated carbocycles. The summed E-state index contributed by atoms with van der Waals surface area (Å²) in [6.45, 7) is 5.14. The summed E-state index contributed by atoms with van der Waals surface area (Å²) in [5.41, 5.74) is 1.86. The zero-order chi connectivity index (χ0) is 14.5. The van der Waals surface area contributed by atoms with Crippen LogP contribution >= 0.6 is 0 Å². The first-order valence-electron chi connectivity index (χ1n) is 5.98. The van der Waals surface area contributed by atoms with Crippen LogP contribution in [0.2, 0.25) is 0 Å². The molecule has 1 N–H and O–H groups in total. The van der Waals surface area contributed by atoms with Crippen molar-refractivity contribution >= 4 is 34.2 Å². The number of amides is 1. The van der Waals surface area contributed by atoms with Crippen LogP contribution in [0.3, 0.4) is 0 Å². The highest BCUT2D eigenvalue weighted by molar-refractivity contribution is 7.88. The van der Waals surface area contributed by atoms with Crippen molar-refractivity contribution in [1.82, 2.24) is 0 Å². The van der Waals surface area contributed by atoms with E-state index in [1.165, 1.54) is 6.20 Å². The molecular formula is C15H14N2O2S. The van der Waals surface area contributed by atoms with Gasteiger partial charge < -0.3 is 5.32 Å². The predicted octanol–water partition coefficient (Wildman–Crippen LogP) is 2.88. The molecule has 4 nitrogen and oxygen atoms in total. The Morgan fingerprint density at radius 1 is 1.45 bits per heavy atom. The number of carbonyl (C=O) groups is 1. The molecule has 1 aromatic rings. The lowest BCUT2D eigenvalue weighted by Crippen LogP contribution is -2.20. The van der Waals surface area contributed by atoms with Crippen LogP contribution < -0.4 is 5.32 Å². The minimum absolute atomic E-state index is 0.296. The van der Waals surface area contributed by atoms with Crippen molar-refractivity contribution in [3.63, 3.8) is 0 Å². The smallest absolute Gasteiger partial charge is 0.269 e. The Hall–Kier alpha value is -2.27. The van der Waals surface area contributed by atoms with Gasteiger partial charge in [-0.2, -0.15) is 0 Å². The molecule has 0 saturated heterocycles. The van der Waals surface area contributed by atoms with Gasteiger partial charge in [0.05, 0.1) is 15.7 Å². The Labute approximate surface area is 120 Å². The van der Waals surface area contributed by atoms with Gasteiger partial charge in [0.25, 0.3) is 5.91 Å². The third kappa shape index (κ3) is 3.19. The van der Waals surface area contributed by atoms with Gasteiger partial charge >= 0.3 is 0 Å². The number of hydrogen-bond acceptors (Lipinski definition) is 3. The molecule has 0 radical (unpaired) electrons. The van der Waals surface area contributed by atoms with Crippen LogP contribution in [-0.2, 0) is 15.6 Å². The maximum atomic E-state index is 11.9. The van der Waals surface area contributed by atoms with Gasteiger partial charge in [0.15, 0.2) is 0 Å². The third-order valence-electron chi connectivity index (χ3n) is 2.68. The van der Waals surface area contributed by atoms with Gasteiger partial charge in [0.1, 0.15) is 5.71 Å². The summed E-state index contributed by atoms with van der Waals surface area (Å²) in [6, 6.07) is 5.32. The first-order chi connectivity index (χ1) is 9.61. The standard InChI is InChI=1S/C15H14N2O2S/c1-3-4-8-16-11(2)15(18)17-13-6-5-12-7-9-20(19)14(12)10-13/h3-10H,1H2,2H3,(H,17,18)/b8-4-,16-11?. The van der Waals surface area contributed by atoms with Crippen LogP contribution in [0.1, 0.15) is 12.5 Å². The number of nitrogens with one attached hydrogen (secondary N) is 1. The second-order valence-electron chi connectivity index (χ2n) is 4.10. The number of rotatable bonds is 4. The van der Waals surface area contributed by atoms with Crippen LogP contribution in [-0.4, -0.2) is 15.8 Å². The van der Waals surface area contributed by atoms with Gasteiger partial charge in [-0.15, -0.1) is 0 Å². The van der Waals surface area contributed by atoms with Crippen molar-refractivity contribution in [3.8, 4) is 0 Å². The lowest BCUT2D eigenvalue weighted by atomic mass is 10.2. The number of hydrogen-bond donors (Lipinski definition) is 1. The molecule has 0 bridgehead atoms. The quantitative estimate of drug-likeness (QED) is 0.683. The maximum absolute atomic E-state index is 11.9. The van der Waals surface area contributed by atoms with Gasteiger partial charge in [0, 0.05) is 17.3 Å². The van der Waals surface area contributed by atoms with Gasteiger partial charge in [-0.25, -0.2) is 4.21 Å². The van der Waals surface area contributed by atoms with E-state index in [4.69, 9.17) is 0 Å². The highest BCUT2D eigenvalue weighted by Gasteiger charge is 2.14. The lowest BCUT2D eigenvalue weighted by molar-refractivity contribution is -0.110. The number of benzene rings is 1. The summed E-state index contributed by atoms with van der Waals surface area (Å²) in [5.74, 6) is -0.296. The fourth-order valence-corrected chi connectivity index (χ4v) is 2.66. The average molecular weight is 286 g/mol. The molecule has 20 heavy (non-hydrogen) atoms. The molecule has 1 aromatic carbocycles. The molecule has 1 atom stereocenters. The van der Waals surface area contributed by atoms with Crippen LogP contribution in [0.15, 0.2) is 58.4 Å². The van der Waals surface area contributed by atoms with Crippen molar-refractivity contribution in [2.75, 3.05) is 5.32 Å². The molecule has 0 aliphatic carbocycles. The van der Waals surface area contributed by atoms with E-state index in [1.54, 1.807) is 36.6 Å². The summed E-state index contributed by atoms with van der Waals surface area (Å²) >= 11 is 0. The van der Waals surface area contributed by atoms with Gasteiger partial charge in [-0.05, 0) is 36.8 Å².